The maximum absolute atomic E-state index is 13.5. The number of benzene rings is 4. The van der Waals surface area contributed by atoms with Crippen LogP contribution in [0.5, 0.6) is 0 Å². The molecule has 18 nitrogen and oxygen atoms in total. The van der Waals surface area contributed by atoms with Gasteiger partial charge in [0.05, 0.1) is 61.4 Å². The second-order valence-corrected chi connectivity index (χ2v) is 26.0. The van der Waals surface area contributed by atoms with Gasteiger partial charge in [-0.05, 0) is 142 Å². The summed E-state index contributed by atoms with van der Waals surface area (Å²) in [7, 11) is -0.479. The number of nitrogens with zero attached hydrogens (tertiary/aromatic N) is 10. The van der Waals surface area contributed by atoms with Gasteiger partial charge in [-0.3, -0.25) is 18.7 Å². The predicted octanol–water partition coefficient (Wildman–Crippen LogP) is 12.9. The van der Waals surface area contributed by atoms with E-state index >= 15 is 0 Å². The van der Waals surface area contributed by atoms with Crippen LogP contribution in [-0.2, 0) is 88.7 Å². The van der Waals surface area contributed by atoms with Gasteiger partial charge in [-0.15, -0.1) is 0 Å². The minimum absolute atomic E-state index is 0.00307. The summed E-state index contributed by atoms with van der Waals surface area (Å²) in [5.41, 5.74) is 5.17. The van der Waals surface area contributed by atoms with E-state index in [1.54, 1.807) is 38.6 Å². The molecule has 2 unspecified atom stereocenters. The zero-order chi connectivity index (χ0) is 67.9. The number of anilines is 2. The lowest BCUT2D eigenvalue weighted by Gasteiger charge is -2.32. The van der Waals surface area contributed by atoms with Crippen LogP contribution < -0.4 is 15.3 Å². The summed E-state index contributed by atoms with van der Waals surface area (Å²) < 4.78 is 119. The van der Waals surface area contributed by atoms with Crippen LogP contribution in [-0.4, -0.2) is 135 Å². The summed E-state index contributed by atoms with van der Waals surface area (Å²) in [6.07, 6.45) is 1.63. The number of carbonyl (C=O) groups is 2. The summed E-state index contributed by atoms with van der Waals surface area (Å²) in [5.74, 6) is 1.84. The predicted molar refractivity (Wildman–Crippen MR) is 353 cm³/mol. The van der Waals surface area contributed by atoms with Crippen molar-refractivity contribution in [2.45, 2.75) is 155 Å². The molecule has 5 fully saturated rings. The van der Waals surface area contributed by atoms with Crippen molar-refractivity contribution in [1.82, 2.24) is 39.0 Å². The van der Waals surface area contributed by atoms with Crippen molar-refractivity contribution in [3.8, 4) is 11.4 Å². The van der Waals surface area contributed by atoms with Gasteiger partial charge in [0.25, 0.3) is 0 Å². The van der Waals surface area contributed by atoms with E-state index in [1.165, 1.54) is 12.1 Å². The highest BCUT2D eigenvalue weighted by Crippen LogP contribution is 2.39. The lowest BCUT2D eigenvalue weighted by atomic mass is 9.78. The van der Waals surface area contributed by atoms with Gasteiger partial charge >= 0.3 is 19.5 Å². The molecule has 5 aliphatic rings. The number of ketones is 2. The first kappa shape index (κ1) is 69.9. The molecule has 0 radical (unpaired) electrons. The second-order valence-electron chi connectivity index (χ2n) is 25.7. The first-order chi connectivity index (χ1) is 45.9. The highest BCUT2D eigenvalue weighted by Gasteiger charge is 2.51. The van der Waals surface area contributed by atoms with Crippen LogP contribution in [0.25, 0.3) is 33.7 Å². The molecule has 0 N–H and O–H groups in total. The Labute approximate surface area is 559 Å². The summed E-state index contributed by atoms with van der Waals surface area (Å²) >= 11 is 6.08. The first-order valence-electron chi connectivity index (χ1n) is 32.9. The van der Waals surface area contributed by atoms with Crippen molar-refractivity contribution in [3.05, 3.63) is 147 Å². The average molecular weight is 1350 g/mol. The molecular weight excluding hydrogens is 1270 g/mol. The largest absolute Gasteiger partial charge is 0.494 e. The van der Waals surface area contributed by atoms with Crippen molar-refractivity contribution >= 4 is 69.7 Å². The van der Waals surface area contributed by atoms with Crippen LogP contribution in [0.15, 0.2) is 97.6 Å². The minimum atomic E-state index is -4.45. The molecule has 5 aliphatic heterocycles. The van der Waals surface area contributed by atoms with E-state index in [4.69, 9.17) is 49.8 Å². The molecule has 0 saturated carbocycles. The fourth-order valence-corrected chi connectivity index (χ4v) is 12.6. The molecule has 0 spiro atoms. The standard InChI is InChI=1S/C32H34F3N5O3.C24H28BF3O3.C14H18ClN5O2/c1-2-23-9-8-22(19-26(23)32(33,34)35)18-25(41)17-21-6-10-24(11-7-21)29-37-30-28(31(38-29)39-12-15-42-16-13-39)40(20-36-30)27-5-3-4-14-43-27;1-6-18-10-7-17(15-21(18)24(26,27)28)14-20(29)13-16-8-11-19(12-9-16)25-30-22(2,3)23(4,5)31-25;15-14-17-12-11(13(18-14)19-4-7-21-8-5-19)20(9-16-12)10-3-1-2-6-22-10/h6-11,19-20,27H,2-5,12-18H2,1H3;7-12,15H,6,13-14H2,1-5H3;9-10H,1-8H2. The number of imidazole rings is 2. The number of morpholine rings is 2. The zero-order valence-corrected chi connectivity index (χ0v) is 55.7. The summed E-state index contributed by atoms with van der Waals surface area (Å²) in [6.45, 7) is 18.4. The Morgan fingerprint density at radius 2 is 0.958 bits per heavy atom. The van der Waals surface area contributed by atoms with Gasteiger partial charge in [-0.1, -0.05) is 86.6 Å². The number of ether oxygens (including phenoxy) is 4. The normalized spacial score (nSPS) is 19.0. The molecule has 510 valence electrons. The Morgan fingerprint density at radius 3 is 1.39 bits per heavy atom. The minimum Gasteiger partial charge on any atom is -0.399 e. The Bertz CT molecular complexity index is 3980. The molecule has 13 rings (SSSR count). The molecule has 4 aromatic heterocycles. The van der Waals surface area contributed by atoms with Crippen LogP contribution in [0.1, 0.15) is 137 Å². The van der Waals surface area contributed by atoms with Gasteiger partial charge < -0.3 is 38.1 Å². The first-order valence-corrected chi connectivity index (χ1v) is 33.3. The molecule has 0 bridgehead atoms. The van der Waals surface area contributed by atoms with E-state index in [9.17, 15) is 35.9 Å². The quantitative estimate of drug-likeness (QED) is 0.0505. The number of carbonyl (C=O) groups excluding carboxylic acids is 2. The zero-order valence-electron chi connectivity index (χ0n) is 54.9. The van der Waals surface area contributed by atoms with E-state index in [0.29, 0.717) is 74.4 Å². The van der Waals surface area contributed by atoms with Crippen molar-refractivity contribution < 1.29 is 64.2 Å². The summed E-state index contributed by atoms with van der Waals surface area (Å²) in [4.78, 5) is 57.2. The average Bonchev–Trinajstić information content (AvgIpc) is 1.58. The number of fused-ring (bicyclic) bond motifs is 2. The summed E-state index contributed by atoms with van der Waals surface area (Å²) in [6, 6.07) is 23.1. The molecule has 9 heterocycles. The van der Waals surface area contributed by atoms with Gasteiger partial charge in [0.1, 0.15) is 35.1 Å². The number of hydrogen-bond acceptors (Lipinski definition) is 16. The van der Waals surface area contributed by atoms with Gasteiger partial charge in [-0.2, -0.15) is 36.3 Å². The number of hydrogen-bond donors (Lipinski definition) is 0. The van der Waals surface area contributed by atoms with E-state index in [2.05, 4.69) is 34.3 Å². The molecule has 2 atom stereocenters. The maximum atomic E-state index is 13.5. The third kappa shape index (κ3) is 16.6. The van der Waals surface area contributed by atoms with Crippen molar-refractivity contribution in [2.24, 2.45) is 0 Å². The van der Waals surface area contributed by atoms with Gasteiger partial charge in [0, 0.05) is 70.6 Å². The molecule has 4 aromatic carbocycles. The third-order valence-corrected chi connectivity index (χ3v) is 18.6. The fraction of sp³-hybridized carbons (Fsp3) is 0.486. The van der Waals surface area contributed by atoms with E-state index in [1.807, 2.05) is 80.8 Å². The molecule has 8 aromatic rings. The van der Waals surface area contributed by atoms with Gasteiger partial charge in [-0.25, -0.2) is 19.9 Å². The Morgan fingerprint density at radius 1 is 0.542 bits per heavy atom. The van der Waals surface area contributed by atoms with Crippen molar-refractivity contribution in [1.29, 1.82) is 0 Å². The lowest BCUT2D eigenvalue weighted by molar-refractivity contribution is -0.139. The molecule has 26 heteroatoms. The molecule has 5 saturated heterocycles. The third-order valence-electron chi connectivity index (χ3n) is 18.4. The van der Waals surface area contributed by atoms with Gasteiger partial charge in [0.2, 0.25) is 5.28 Å². The van der Waals surface area contributed by atoms with Crippen LogP contribution in [0, 0.1) is 0 Å². The molecular formula is C70H80BClF6N10O8. The maximum Gasteiger partial charge on any atom is 0.494 e. The topological polar surface area (TPSA) is 183 Å². The van der Waals surface area contributed by atoms with E-state index in [-0.39, 0.29) is 79.0 Å². The Balaban J connectivity index is 0.000000155. The number of aryl methyl sites for hydroxylation is 2. The highest BCUT2D eigenvalue weighted by molar-refractivity contribution is 6.62. The van der Waals surface area contributed by atoms with Crippen molar-refractivity contribution in [2.75, 3.05) is 75.6 Å². The monoisotopic (exact) mass is 1350 g/mol. The fourth-order valence-electron chi connectivity index (χ4n) is 12.5. The number of halogens is 7. The molecule has 96 heavy (non-hydrogen) atoms. The lowest BCUT2D eigenvalue weighted by Crippen LogP contribution is -2.41. The van der Waals surface area contributed by atoms with Crippen LogP contribution >= 0.6 is 11.6 Å². The SMILES string of the molecule is CCc1ccc(CC(=O)Cc2ccc(-c3nc(N4CCOCC4)c4c(ncn4C4CCCCO4)n3)cc2)cc1C(F)(F)F.CCc1ccc(CC(=O)Cc2ccc(B3OC(C)(C)C(C)(C)O3)cc2)cc1C(F)(F)F.Clc1nc(N2CCOCC2)c2c(ncn2C2CCCCO2)n1. The number of aromatic nitrogens is 8. The van der Waals surface area contributed by atoms with Crippen LogP contribution in [0.4, 0.5) is 38.0 Å². The second kappa shape index (κ2) is 30.2. The number of rotatable bonds is 16. The van der Waals surface area contributed by atoms with Crippen LogP contribution in [0.3, 0.4) is 0 Å². The highest BCUT2D eigenvalue weighted by atomic mass is 35.5. The summed E-state index contributed by atoms with van der Waals surface area (Å²) in [5, 5.41) is 0.226. The van der Waals surface area contributed by atoms with Crippen LogP contribution in [0.2, 0.25) is 5.28 Å². The van der Waals surface area contributed by atoms with Gasteiger partial charge in [0.15, 0.2) is 28.8 Å². The van der Waals surface area contributed by atoms with Crippen molar-refractivity contribution in [3.63, 3.8) is 0 Å². The Hall–Kier alpha value is -7.39. The van der Waals surface area contributed by atoms with E-state index in [0.717, 1.165) is 115 Å². The number of Topliss-reactive ketones (excluding diaryl/α,β-unsaturated/α-hetero) is 2. The number of alkyl halides is 6. The van der Waals surface area contributed by atoms with E-state index < -0.39 is 41.8 Å². The molecule has 0 aliphatic carbocycles. The smallest absolute Gasteiger partial charge is 0.399 e. The Kier molecular flexibility index (Phi) is 22.0. The molecule has 0 amide bonds.